The fourth-order valence-electron chi connectivity index (χ4n) is 2.73. The molecule has 0 radical (unpaired) electrons. The predicted octanol–water partition coefficient (Wildman–Crippen LogP) is 0.317. The third-order valence-electron chi connectivity index (χ3n) is 3.32. The van der Waals surface area contributed by atoms with E-state index in [2.05, 4.69) is 4.84 Å². The van der Waals surface area contributed by atoms with Crippen LogP contribution in [0.3, 0.4) is 0 Å². The topological polar surface area (TPSA) is 98.5 Å². The summed E-state index contributed by atoms with van der Waals surface area (Å²) in [5.74, 6) is -2.22. The second-order valence-electron chi connectivity index (χ2n) is 4.21. The Kier molecular flexibility index (Phi) is 3.06. The van der Waals surface area contributed by atoms with Gasteiger partial charge < -0.3 is 10.6 Å². The molecule has 0 aliphatic heterocycles. The van der Waals surface area contributed by atoms with Gasteiger partial charge in [-0.2, -0.15) is 5.48 Å². The first-order valence-corrected chi connectivity index (χ1v) is 5.52. The van der Waals surface area contributed by atoms with E-state index in [-0.39, 0.29) is 11.8 Å². The highest BCUT2D eigenvalue weighted by molar-refractivity contribution is 6.61. The third kappa shape index (κ3) is 2.12. The summed E-state index contributed by atoms with van der Waals surface area (Å²) in [6.45, 7) is 0. The smallest absolute Gasteiger partial charge is 0.369 e. The third-order valence-corrected chi connectivity index (χ3v) is 3.40. The van der Waals surface area contributed by atoms with Gasteiger partial charge in [-0.25, -0.2) is 4.79 Å². The minimum Gasteiger partial charge on any atom is -0.369 e. The van der Waals surface area contributed by atoms with Gasteiger partial charge in [0.25, 0.3) is 5.91 Å². The van der Waals surface area contributed by atoms with Crippen LogP contribution in [-0.4, -0.2) is 17.2 Å². The van der Waals surface area contributed by atoms with Crippen molar-refractivity contribution in [2.45, 2.75) is 6.42 Å². The summed E-state index contributed by atoms with van der Waals surface area (Å²) >= 11 is 4.93. The van der Waals surface area contributed by atoms with E-state index in [1.807, 2.05) is 17.6 Å². The summed E-state index contributed by atoms with van der Waals surface area (Å²) in [5, 5.41) is 0. The van der Waals surface area contributed by atoms with E-state index in [1.165, 1.54) is 0 Å². The van der Waals surface area contributed by atoms with E-state index in [0.29, 0.717) is 0 Å². The SMILES string of the molecule is NC(=O)C1C2C=CC(C2)C1C(=O)NOC(=O)Cl. The molecule has 1 fully saturated rings. The van der Waals surface area contributed by atoms with E-state index >= 15 is 0 Å². The number of nitrogens with one attached hydrogen (secondary N) is 1. The summed E-state index contributed by atoms with van der Waals surface area (Å²) < 4.78 is 0. The minimum absolute atomic E-state index is 0.0000435. The standard InChI is InChI=1S/C10H11ClN2O4/c11-10(16)17-13-9(15)7-5-2-1-4(3-5)6(7)8(12)14/h1-2,4-7H,3H2,(H2,12,14)(H,13,15). The van der Waals surface area contributed by atoms with Crippen molar-refractivity contribution in [2.75, 3.05) is 0 Å². The van der Waals surface area contributed by atoms with Gasteiger partial charge in [0.15, 0.2) is 0 Å². The molecule has 0 spiro atoms. The first-order valence-electron chi connectivity index (χ1n) is 5.14. The number of amides is 2. The molecular weight excluding hydrogens is 248 g/mol. The molecule has 17 heavy (non-hydrogen) atoms. The molecule has 2 rings (SSSR count). The molecule has 0 aromatic carbocycles. The molecule has 7 heteroatoms. The van der Waals surface area contributed by atoms with Crippen molar-refractivity contribution in [3.8, 4) is 0 Å². The lowest BCUT2D eigenvalue weighted by atomic mass is 9.82. The number of hydrogen-bond donors (Lipinski definition) is 2. The zero-order chi connectivity index (χ0) is 12.6. The van der Waals surface area contributed by atoms with Crippen molar-refractivity contribution in [3.63, 3.8) is 0 Å². The largest absolute Gasteiger partial charge is 0.427 e. The fourth-order valence-corrected chi connectivity index (χ4v) is 2.76. The average molecular weight is 259 g/mol. The van der Waals surface area contributed by atoms with Gasteiger partial charge in [-0.05, 0) is 18.3 Å². The van der Waals surface area contributed by atoms with Crippen LogP contribution in [0.2, 0.25) is 0 Å². The zero-order valence-corrected chi connectivity index (χ0v) is 9.52. The van der Waals surface area contributed by atoms with Crippen LogP contribution in [0.15, 0.2) is 12.2 Å². The molecule has 3 N–H and O–H groups in total. The average Bonchev–Trinajstić information content (AvgIpc) is 2.84. The molecule has 0 aromatic heterocycles. The number of hydroxylamine groups is 1. The van der Waals surface area contributed by atoms with Gasteiger partial charge in [-0.15, -0.1) is 0 Å². The van der Waals surface area contributed by atoms with E-state index in [4.69, 9.17) is 17.3 Å². The van der Waals surface area contributed by atoms with Crippen molar-refractivity contribution in [1.82, 2.24) is 5.48 Å². The summed E-state index contributed by atoms with van der Waals surface area (Å²) in [5.41, 5.74) is 6.08. The summed E-state index contributed by atoms with van der Waals surface area (Å²) in [4.78, 5) is 37.6. The molecule has 0 saturated heterocycles. The Morgan fingerprint density at radius 1 is 1.24 bits per heavy atom. The number of rotatable bonds is 2. The Morgan fingerprint density at radius 2 is 1.82 bits per heavy atom. The maximum Gasteiger partial charge on any atom is 0.427 e. The highest BCUT2D eigenvalue weighted by Crippen LogP contribution is 2.47. The van der Waals surface area contributed by atoms with Crippen LogP contribution in [0, 0.1) is 23.7 Å². The van der Waals surface area contributed by atoms with E-state index in [1.54, 1.807) is 0 Å². The van der Waals surface area contributed by atoms with Crippen LogP contribution in [0.25, 0.3) is 0 Å². The van der Waals surface area contributed by atoms with Gasteiger partial charge in [0.1, 0.15) is 0 Å². The Morgan fingerprint density at radius 3 is 2.35 bits per heavy atom. The molecule has 0 heterocycles. The van der Waals surface area contributed by atoms with Gasteiger partial charge in [0.05, 0.1) is 11.8 Å². The Hall–Kier alpha value is -1.56. The molecule has 2 amide bonds. The lowest BCUT2D eigenvalue weighted by Gasteiger charge is -2.23. The first-order chi connectivity index (χ1) is 8.00. The Labute approximate surface area is 102 Å². The quantitative estimate of drug-likeness (QED) is 0.423. The van der Waals surface area contributed by atoms with Gasteiger partial charge in [-0.3, -0.25) is 9.59 Å². The summed E-state index contributed by atoms with van der Waals surface area (Å²) in [7, 11) is 0. The lowest BCUT2D eigenvalue weighted by molar-refractivity contribution is -0.139. The van der Waals surface area contributed by atoms with Crippen molar-refractivity contribution in [1.29, 1.82) is 0 Å². The molecule has 2 aliphatic carbocycles. The van der Waals surface area contributed by atoms with Gasteiger partial charge in [0, 0.05) is 11.6 Å². The number of halogens is 1. The Bertz CT molecular complexity index is 409. The van der Waals surface area contributed by atoms with Crippen molar-refractivity contribution >= 4 is 28.8 Å². The predicted molar refractivity (Wildman–Crippen MR) is 57.4 cm³/mol. The van der Waals surface area contributed by atoms with E-state index in [9.17, 15) is 14.4 Å². The van der Waals surface area contributed by atoms with Crippen LogP contribution in [0.5, 0.6) is 0 Å². The van der Waals surface area contributed by atoms with Gasteiger partial charge in [0.2, 0.25) is 5.91 Å². The van der Waals surface area contributed by atoms with Crippen LogP contribution < -0.4 is 11.2 Å². The normalized spacial score (nSPS) is 33.5. The minimum atomic E-state index is -1.13. The van der Waals surface area contributed by atoms with E-state index < -0.39 is 29.1 Å². The van der Waals surface area contributed by atoms with Crippen molar-refractivity contribution < 1.29 is 19.2 Å². The number of hydrogen-bond acceptors (Lipinski definition) is 4. The van der Waals surface area contributed by atoms with Crippen LogP contribution >= 0.6 is 11.6 Å². The van der Waals surface area contributed by atoms with Crippen molar-refractivity contribution in [2.24, 2.45) is 29.4 Å². The number of allylic oxidation sites excluding steroid dienone is 2. The molecule has 2 bridgehead atoms. The number of nitrogens with two attached hydrogens (primary N) is 1. The van der Waals surface area contributed by atoms with Gasteiger partial charge in [-0.1, -0.05) is 12.2 Å². The zero-order valence-electron chi connectivity index (χ0n) is 8.76. The molecule has 0 aromatic rings. The number of fused-ring (bicyclic) bond motifs is 2. The van der Waals surface area contributed by atoms with Crippen molar-refractivity contribution in [3.05, 3.63) is 12.2 Å². The molecule has 6 nitrogen and oxygen atoms in total. The number of primary amides is 1. The van der Waals surface area contributed by atoms with Crippen LogP contribution in [0.4, 0.5) is 4.79 Å². The maximum atomic E-state index is 11.8. The second kappa shape index (κ2) is 4.37. The molecule has 4 unspecified atom stereocenters. The maximum absolute atomic E-state index is 11.8. The van der Waals surface area contributed by atoms with E-state index in [0.717, 1.165) is 6.42 Å². The summed E-state index contributed by atoms with van der Waals surface area (Å²) in [6, 6.07) is 0. The first kappa shape index (κ1) is 11.9. The number of carbonyl (C=O) groups excluding carboxylic acids is 3. The second-order valence-corrected chi connectivity index (χ2v) is 4.52. The highest BCUT2D eigenvalue weighted by atomic mass is 35.5. The molecule has 92 valence electrons. The summed E-state index contributed by atoms with van der Waals surface area (Å²) in [6.07, 6.45) is 4.51. The number of carbonyl (C=O) groups is 3. The molecule has 1 saturated carbocycles. The monoisotopic (exact) mass is 258 g/mol. The molecular formula is C10H11ClN2O4. The molecule has 2 aliphatic rings. The fraction of sp³-hybridized carbons (Fsp3) is 0.500. The lowest BCUT2D eigenvalue weighted by Crippen LogP contribution is -2.42. The van der Waals surface area contributed by atoms with Crippen LogP contribution in [-0.2, 0) is 14.4 Å². The molecule has 4 atom stereocenters. The highest BCUT2D eigenvalue weighted by Gasteiger charge is 2.51. The van der Waals surface area contributed by atoms with Gasteiger partial charge >= 0.3 is 5.43 Å². The van der Waals surface area contributed by atoms with Crippen LogP contribution in [0.1, 0.15) is 6.42 Å². The Balaban J connectivity index is 2.08.